The van der Waals surface area contributed by atoms with Crippen LogP contribution in [-0.4, -0.2) is 13.3 Å². The molecule has 1 rings (SSSR count). The second kappa shape index (κ2) is 3.53. The monoisotopic (exact) mass is 168 g/mol. The van der Waals surface area contributed by atoms with Crippen LogP contribution in [0.15, 0.2) is 23.1 Å². The number of rotatable bonds is 2. The van der Waals surface area contributed by atoms with Crippen LogP contribution in [0, 0.1) is 0 Å². The minimum absolute atomic E-state index is 0.844. The summed E-state index contributed by atoms with van der Waals surface area (Å²) in [7, 11) is 1.90. The first-order valence-electron chi connectivity index (χ1n) is 3.39. The number of nitrogens with two attached hydrogens (primary N) is 1. The summed E-state index contributed by atoms with van der Waals surface area (Å²) in [6.07, 6.45) is 2.02. The van der Waals surface area contributed by atoms with E-state index >= 15 is 0 Å². The molecule has 0 saturated heterocycles. The van der Waals surface area contributed by atoms with Crippen LogP contribution in [0.2, 0.25) is 0 Å². The van der Waals surface area contributed by atoms with Gasteiger partial charge in [0.05, 0.1) is 0 Å². The smallest absolute Gasteiger partial charge is 0.0453 e. The molecule has 0 aliphatic heterocycles. The first-order valence-corrected chi connectivity index (χ1v) is 4.61. The molecule has 0 bridgehead atoms. The minimum Gasteiger partial charge on any atom is -0.398 e. The van der Waals surface area contributed by atoms with Gasteiger partial charge < -0.3 is 11.1 Å². The van der Waals surface area contributed by atoms with Crippen molar-refractivity contribution >= 4 is 23.1 Å². The fourth-order valence-corrected chi connectivity index (χ4v) is 1.42. The van der Waals surface area contributed by atoms with E-state index in [4.69, 9.17) is 5.73 Å². The van der Waals surface area contributed by atoms with Crippen LogP contribution in [0.25, 0.3) is 0 Å². The van der Waals surface area contributed by atoms with Crippen molar-refractivity contribution in [1.29, 1.82) is 0 Å². The van der Waals surface area contributed by atoms with Crippen molar-refractivity contribution in [3.8, 4) is 0 Å². The Morgan fingerprint density at radius 2 is 2.18 bits per heavy atom. The van der Waals surface area contributed by atoms with Gasteiger partial charge in [-0.2, -0.15) is 0 Å². The molecular formula is C8H12N2S. The van der Waals surface area contributed by atoms with Crippen LogP contribution in [0.3, 0.4) is 0 Å². The predicted molar refractivity (Wildman–Crippen MR) is 52.2 cm³/mol. The van der Waals surface area contributed by atoms with Crippen molar-refractivity contribution in [2.75, 3.05) is 24.4 Å². The maximum Gasteiger partial charge on any atom is 0.0453 e. The number of nitrogens with one attached hydrogen (secondary N) is 1. The first kappa shape index (κ1) is 8.27. The van der Waals surface area contributed by atoms with Crippen LogP contribution < -0.4 is 11.1 Å². The fraction of sp³-hybridized carbons (Fsp3) is 0.250. The molecular weight excluding hydrogens is 156 g/mol. The zero-order chi connectivity index (χ0) is 8.27. The normalized spacial score (nSPS) is 9.64. The van der Waals surface area contributed by atoms with Crippen molar-refractivity contribution in [3.63, 3.8) is 0 Å². The predicted octanol–water partition coefficient (Wildman–Crippen LogP) is 2.03. The van der Waals surface area contributed by atoms with Gasteiger partial charge in [0.15, 0.2) is 0 Å². The number of nitrogen functional groups attached to an aromatic ring is 1. The van der Waals surface area contributed by atoms with Crippen molar-refractivity contribution in [2.24, 2.45) is 0 Å². The molecule has 0 aromatic heterocycles. The van der Waals surface area contributed by atoms with Gasteiger partial charge in [-0.1, -0.05) is 0 Å². The lowest BCUT2D eigenvalue weighted by Gasteiger charge is -2.04. The molecule has 60 valence electrons. The summed E-state index contributed by atoms with van der Waals surface area (Å²) in [5.41, 5.74) is 7.65. The summed E-state index contributed by atoms with van der Waals surface area (Å²) in [5.74, 6) is 0. The Morgan fingerprint density at radius 1 is 1.45 bits per heavy atom. The van der Waals surface area contributed by atoms with Gasteiger partial charge in [-0.15, -0.1) is 11.8 Å². The van der Waals surface area contributed by atoms with E-state index in [0.29, 0.717) is 0 Å². The average Bonchev–Trinajstić information content (AvgIpc) is 2.05. The van der Waals surface area contributed by atoms with Gasteiger partial charge in [-0.05, 0) is 24.5 Å². The molecule has 0 spiro atoms. The van der Waals surface area contributed by atoms with Gasteiger partial charge in [-0.3, -0.25) is 0 Å². The summed E-state index contributed by atoms with van der Waals surface area (Å²) < 4.78 is 0. The summed E-state index contributed by atoms with van der Waals surface area (Å²) >= 11 is 1.66. The lowest BCUT2D eigenvalue weighted by Crippen LogP contribution is -1.91. The molecule has 0 aliphatic carbocycles. The van der Waals surface area contributed by atoms with Crippen molar-refractivity contribution in [1.82, 2.24) is 0 Å². The molecule has 0 radical (unpaired) electrons. The quantitative estimate of drug-likeness (QED) is 0.524. The number of hydrogen-bond acceptors (Lipinski definition) is 3. The first-order chi connectivity index (χ1) is 5.27. The number of benzene rings is 1. The Morgan fingerprint density at radius 3 is 2.73 bits per heavy atom. The van der Waals surface area contributed by atoms with Crippen LogP contribution in [0.4, 0.5) is 11.4 Å². The highest BCUT2D eigenvalue weighted by molar-refractivity contribution is 7.98. The molecule has 0 aliphatic rings. The molecule has 3 N–H and O–H groups in total. The van der Waals surface area contributed by atoms with Gasteiger partial charge >= 0.3 is 0 Å². The van der Waals surface area contributed by atoms with Crippen LogP contribution >= 0.6 is 11.8 Å². The standard InChI is InChI=1S/C8H12N2S/c1-10-6-3-4-7(9)8(5-6)11-2/h3-5,10H,9H2,1-2H3. The van der Waals surface area contributed by atoms with Crippen molar-refractivity contribution in [2.45, 2.75) is 4.90 Å². The Labute approximate surface area is 71.2 Å². The molecule has 0 fully saturated rings. The van der Waals surface area contributed by atoms with E-state index in [2.05, 4.69) is 5.32 Å². The number of thioether (sulfide) groups is 1. The lowest BCUT2D eigenvalue weighted by atomic mass is 10.3. The summed E-state index contributed by atoms with van der Waals surface area (Å²) in [4.78, 5) is 1.12. The average molecular weight is 168 g/mol. The molecule has 1 aromatic rings. The van der Waals surface area contributed by atoms with E-state index in [9.17, 15) is 0 Å². The summed E-state index contributed by atoms with van der Waals surface area (Å²) in [6.45, 7) is 0. The molecule has 0 saturated carbocycles. The topological polar surface area (TPSA) is 38.0 Å². The highest BCUT2D eigenvalue weighted by atomic mass is 32.2. The Balaban J connectivity index is 3.02. The zero-order valence-electron chi connectivity index (χ0n) is 6.72. The van der Waals surface area contributed by atoms with Crippen LogP contribution in [-0.2, 0) is 0 Å². The highest BCUT2D eigenvalue weighted by Gasteiger charge is 1.96. The molecule has 0 amide bonds. The zero-order valence-corrected chi connectivity index (χ0v) is 7.53. The van der Waals surface area contributed by atoms with Crippen molar-refractivity contribution in [3.05, 3.63) is 18.2 Å². The Hall–Kier alpha value is -0.830. The Kier molecular flexibility index (Phi) is 2.65. The molecule has 0 heterocycles. The minimum atomic E-state index is 0.844. The van der Waals surface area contributed by atoms with E-state index in [1.165, 1.54) is 0 Å². The van der Waals surface area contributed by atoms with E-state index in [0.717, 1.165) is 16.3 Å². The number of hydrogen-bond donors (Lipinski definition) is 2. The molecule has 3 heteroatoms. The second-order valence-corrected chi connectivity index (χ2v) is 3.05. The van der Waals surface area contributed by atoms with E-state index < -0.39 is 0 Å². The SMILES string of the molecule is CNc1ccc(N)c(SC)c1. The summed E-state index contributed by atoms with van der Waals surface area (Å²) in [6, 6.07) is 5.92. The maximum atomic E-state index is 5.71. The molecule has 2 nitrogen and oxygen atoms in total. The summed E-state index contributed by atoms with van der Waals surface area (Å²) in [5, 5.41) is 3.06. The molecule has 0 atom stereocenters. The fourth-order valence-electron chi connectivity index (χ4n) is 0.867. The van der Waals surface area contributed by atoms with Gasteiger partial charge in [-0.25, -0.2) is 0 Å². The van der Waals surface area contributed by atoms with Crippen LogP contribution in [0.1, 0.15) is 0 Å². The van der Waals surface area contributed by atoms with E-state index in [1.807, 2.05) is 31.5 Å². The Bertz CT molecular complexity index is 248. The van der Waals surface area contributed by atoms with Gasteiger partial charge in [0.2, 0.25) is 0 Å². The van der Waals surface area contributed by atoms with E-state index in [1.54, 1.807) is 11.8 Å². The third-order valence-corrected chi connectivity index (χ3v) is 2.32. The number of anilines is 2. The van der Waals surface area contributed by atoms with Gasteiger partial charge in [0.1, 0.15) is 0 Å². The van der Waals surface area contributed by atoms with Gasteiger partial charge in [0, 0.05) is 23.3 Å². The largest absolute Gasteiger partial charge is 0.398 e. The third kappa shape index (κ3) is 1.80. The van der Waals surface area contributed by atoms with Crippen molar-refractivity contribution < 1.29 is 0 Å². The second-order valence-electron chi connectivity index (χ2n) is 2.21. The van der Waals surface area contributed by atoms with E-state index in [-0.39, 0.29) is 0 Å². The molecule has 11 heavy (non-hydrogen) atoms. The van der Waals surface area contributed by atoms with Gasteiger partial charge in [0.25, 0.3) is 0 Å². The molecule has 0 unspecified atom stereocenters. The van der Waals surface area contributed by atoms with Crippen LogP contribution in [0.5, 0.6) is 0 Å². The maximum absolute atomic E-state index is 5.71. The highest BCUT2D eigenvalue weighted by Crippen LogP contribution is 2.25. The third-order valence-electron chi connectivity index (χ3n) is 1.52. The molecule has 1 aromatic carbocycles. The lowest BCUT2D eigenvalue weighted by molar-refractivity contribution is 1.42.